The third-order valence-corrected chi connectivity index (χ3v) is 17.8. The number of ether oxygens (including phenoxy) is 2. The standard InChI is InChI=1S/C43H30BrNO.C28H21NO.C15H11BrO.C2H6O/c44-35-24-22-34(23-25-35)43(33-12-4-1-5-13-33)29-28-32-30-41(39-18-10-11-19-40(39)42(32)46-43)31-20-26-38(27-21-31)45(36-14-6-2-7-15-36)37-16-8-3-9-17-37;30-28-20-19-25(26-13-7-8-14-27(26)28)21-15-17-24(18-16-21)29(22-9-3-1-4-10-22)23-11-5-2-6-12-23;1-2-15(17,12-6-4-3-5-7-12)13-8-10-14(16)11-9-13;1-3-2/h1-30H;1-20,30H;1,3-11,17H;1-2H3. The molecule has 2 N–H and O–H groups in total. The van der Waals surface area contributed by atoms with Gasteiger partial charge in [-0.15, -0.1) is 6.42 Å². The van der Waals surface area contributed by atoms with Crippen LogP contribution in [0.5, 0.6) is 11.5 Å². The zero-order valence-electron chi connectivity index (χ0n) is 53.0. The van der Waals surface area contributed by atoms with Gasteiger partial charge in [-0.05, 0) is 148 Å². The molecule has 14 aromatic carbocycles. The predicted molar refractivity (Wildman–Crippen MR) is 406 cm³/mol. The lowest BCUT2D eigenvalue weighted by molar-refractivity contribution is 0.145. The Kier molecular flexibility index (Phi) is 20.6. The molecular formula is C88H68Br2N2O4. The maximum Gasteiger partial charge on any atom is 0.178 e. The van der Waals surface area contributed by atoms with Crippen molar-refractivity contribution in [3.05, 3.63) is 389 Å². The van der Waals surface area contributed by atoms with E-state index in [0.717, 1.165) is 104 Å². The number of hydrogen-bond donors (Lipinski definition) is 2. The number of rotatable bonds is 12. The fourth-order valence-corrected chi connectivity index (χ4v) is 12.7. The molecule has 1 aliphatic rings. The zero-order chi connectivity index (χ0) is 66.3. The molecule has 0 saturated heterocycles. The van der Waals surface area contributed by atoms with E-state index in [2.05, 4.69) is 307 Å². The molecule has 468 valence electrons. The zero-order valence-corrected chi connectivity index (χ0v) is 56.2. The van der Waals surface area contributed by atoms with Gasteiger partial charge < -0.3 is 29.5 Å². The maximum atomic E-state index is 10.6. The summed E-state index contributed by atoms with van der Waals surface area (Å²) in [6, 6.07) is 117. The molecule has 0 aliphatic carbocycles. The highest BCUT2D eigenvalue weighted by molar-refractivity contribution is 9.10. The molecular weight excluding hydrogens is 1310 g/mol. The van der Waals surface area contributed by atoms with Crippen molar-refractivity contribution in [2.24, 2.45) is 0 Å². The summed E-state index contributed by atoms with van der Waals surface area (Å²) in [4.78, 5) is 4.54. The average molecular weight is 1380 g/mol. The van der Waals surface area contributed by atoms with Gasteiger partial charge in [-0.25, -0.2) is 0 Å². The number of aliphatic hydroxyl groups is 1. The summed E-state index contributed by atoms with van der Waals surface area (Å²) in [5.41, 5.74) is 13.7. The molecule has 1 heterocycles. The molecule has 1 aliphatic heterocycles. The van der Waals surface area contributed by atoms with Gasteiger partial charge in [0.2, 0.25) is 0 Å². The van der Waals surface area contributed by atoms with E-state index in [9.17, 15) is 10.2 Å². The van der Waals surface area contributed by atoms with E-state index in [1.54, 1.807) is 20.3 Å². The summed E-state index contributed by atoms with van der Waals surface area (Å²) in [6.07, 6.45) is 9.93. The number of terminal acetylenes is 1. The van der Waals surface area contributed by atoms with Crippen molar-refractivity contribution in [3.63, 3.8) is 0 Å². The number of phenolic OH excluding ortho intramolecular Hbond substituents is 1. The van der Waals surface area contributed by atoms with Gasteiger partial charge >= 0.3 is 0 Å². The molecule has 2 unspecified atom stereocenters. The number of methoxy groups -OCH3 is 1. The van der Waals surface area contributed by atoms with Gasteiger partial charge in [-0.2, -0.15) is 0 Å². The Bertz CT molecular complexity index is 4850. The van der Waals surface area contributed by atoms with E-state index in [-0.39, 0.29) is 0 Å². The minimum atomic E-state index is -1.37. The van der Waals surface area contributed by atoms with Crippen molar-refractivity contribution in [1.82, 2.24) is 0 Å². The van der Waals surface area contributed by atoms with Crippen molar-refractivity contribution in [2.45, 2.75) is 11.2 Å². The first-order valence-corrected chi connectivity index (χ1v) is 33.1. The van der Waals surface area contributed by atoms with Gasteiger partial charge in [0, 0.05) is 95.9 Å². The SMILES string of the molecule is Brc1ccc(C2(c3ccccc3)C=Cc3cc(-c4ccc(N(c5ccccc5)c5ccccc5)cc4)c4ccccc4c3O2)cc1.C#CC(O)(c1ccccc1)c1ccc(Br)cc1.COC.Oc1ccc(-c2ccc(N(c3ccccc3)c3ccccc3)cc2)c2ccccc12. The van der Waals surface area contributed by atoms with Gasteiger partial charge in [0.05, 0.1) is 0 Å². The minimum absolute atomic E-state index is 0.310. The fraction of sp³-hybridized carbons (Fsp3) is 0.0455. The number of fused-ring (bicyclic) bond motifs is 4. The summed E-state index contributed by atoms with van der Waals surface area (Å²) < 4.78 is 13.4. The van der Waals surface area contributed by atoms with Crippen LogP contribution in [-0.2, 0) is 15.9 Å². The first-order valence-electron chi connectivity index (χ1n) is 31.5. The van der Waals surface area contributed by atoms with Crippen LogP contribution in [0, 0.1) is 12.3 Å². The Balaban J connectivity index is 0.000000150. The van der Waals surface area contributed by atoms with E-state index in [0.29, 0.717) is 16.9 Å². The smallest absolute Gasteiger partial charge is 0.178 e. The molecule has 15 rings (SSSR count). The molecule has 0 bridgehead atoms. The van der Waals surface area contributed by atoms with Crippen LogP contribution in [0.2, 0.25) is 0 Å². The Morgan fingerprint density at radius 3 is 1.21 bits per heavy atom. The van der Waals surface area contributed by atoms with Crippen LogP contribution < -0.4 is 14.5 Å². The van der Waals surface area contributed by atoms with Crippen LogP contribution in [0.25, 0.3) is 49.9 Å². The van der Waals surface area contributed by atoms with Crippen LogP contribution in [0.15, 0.2) is 361 Å². The molecule has 0 amide bonds. The summed E-state index contributed by atoms with van der Waals surface area (Å²) >= 11 is 6.96. The summed E-state index contributed by atoms with van der Waals surface area (Å²) in [6.45, 7) is 0. The lowest BCUT2D eigenvalue weighted by Crippen LogP contribution is -2.34. The first kappa shape index (κ1) is 65.1. The second-order valence-corrected chi connectivity index (χ2v) is 24.7. The quantitative estimate of drug-likeness (QED) is 0.119. The number of anilines is 6. The topological polar surface area (TPSA) is 65.4 Å². The van der Waals surface area contributed by atoms with Crippen molar-refractivity contribution in [2.75, 3.05) is 24.0 Å². The molecule has 96 heavy (non-hydrogen) atoms. The van der Waals surface area contributed by atoms with Crippen LogP contribution in [0.3, 0.4) is 0 Å². The lowest BCUT2D eigenvalue weighted by Gasteiger charge is -2.37. The van der Waals surface area contributed by atoms with Gasteiger partial charge in [-0.3, -0.25) is 0 Å². The molecule has 0 radical (unpaired) electrons. The Morgan fingerprint density at radius 1 is 0.396 bits per heavy atom. The van der Waals surface area contributed by atoms with Gasteiger partial charge in [0.15, 0.2) is 11.2 Å². The molecule has 14 aromatic rings. The van der Waals surface area contributed by atoms with Crippen LogP contribution in [0.1, 0.15) is 27.8 Å². The molecule has 0 spiro atoms. The molecule has 6 nitrogen and oxygen atoms in total. The normalized spacial score (nSPS) is 13.3. The van der Waals surface area contributed by atoms with Gasteiger partial charge in [0.25, 0.3) is 0 Å². The third-order valence-electron chi connectivity index (χ3n) is 16.8. The Hall–Kier alpha value is -11.0. The summed E-state index contributed by atoms with van der Waals surface area (Å²) in [5.74, 6) is 3.67. The number of hydrogen-bond acceptors (Lipinski definition) is 6. The average Bonchev–Trinajstić information content (AvgIpc) is 0.734. The van der Waals surface area contributed by atoms with Crippen LogP contribution in [0.4, 0.5) is 34.1 Å². The number of phenols is 1. The summed E-state index contributed by atoms with van der Waals surface area (Å²) in [5, 5.41) is 25.0. The number of nitrogens with zero attached hydrogens (tertiary/aromatic N) is 2. The lowest BCUT2D eigenvalue weighted by atomic mass is 9.82. The largest absolute Gasteiger partial charge is 0.507 e. The van der Waals surface area contributed by atoms with E-state index in [1.807, 2.05) is 97.1 Å². The highest BCUT2D eigenvalue weighted by Gasteiger charge is 2.38. The highest BCUT2D eigenvalue weighted by atomic mass is 79.9. The van der Waals surface area contributed by atoms with Crippen molar-refractivity contribution >= 4 is 93.6 Å². The summed E-state index contributed by atoms with van der Waals surface area (Å²) in [7, 11) is 3.25. The second-order valence-electron chi connectivity index (χ2n) is 22.9. The van der Waals surface area contributed by atoms with Crippen molar-refractivity contribution in [3.8, 4) is 46.1 Å². The van der Waals surface area contributed by atoms with E-state index < -0.39 is 11.2 Å². The number of halogens is 2. The Labute approximate surface area is 579 Å². The second kappa shape index (κ2) is 30.4. The predicted octanol–water partition coefficient (Wildman–Crippen LogP) is 23.4. The fourth-order valence-electron chi connectivity index (χ4n) is 12.1. The van der Waals surface area contributed by atoms with E-state index >= 15 is 0 Å². The number of benzene rings is 14. The third kappa shape index (κ3) is 14.2. The van der Waals surface area contributed by atoms with E-state index in [4.69, 9.17) is 11.2 Å². The van der Waals surface area contributed by atoms with Crippen LogP contribution >= 0.6 is 31.9 Å². The molecule has 0 fully saturated rings. The first-order chi connectivity index (χ1) is 47.1. The molecule has 0 saturated carbocycles. The highest BCUT2D eigenvalue weighted by Crippen LogP contribution is 2.48. The van der Waals surface area contributed by atoms with Gasteiger partial charge in [0.1, 0.15) is 11.5 Å². The number of aromatic hydroxyl groups is 1. The van der Waals surface area contributed by atoms with Crippen molar-refractivity contribution in [1.29, 1.82) is 0 Å². The van der Waals surface area contributed by atoms with Crippen molar-refractivity contribution < 1.29 is 19.7 Å². The van der Waals surface area contributed by atoms with Crippen LogP contribution in [-0.4, -0.2) is 24.4 Å². The molecule has 8 heteroatoms. The molecule has 2 atom stereocenters. The van der Waals surface area contributed by atoms with E-state index in [1.165, 1.54) is 5.56 Å². The van der Waals surface area contributed by atoms with Gasteiger partial charge in [-0.1, -0.05) is 280 Å². The maximum absolute atomic E-state index is 10.6. The monoisotopic (exact) mass is 1370 g/mol. The minimum Gasteiger partial charge on any atom is -0.507 e. The number of para-hydroxylation sites is 4. The Morgan fingerprint density at radius 2 is 0.750 bits per heavy atom. The molecule has 0 aromatic heterocycles.